The molecule has 0 spiro atoms. The van der Waals surface area contributed by atoms with Gasteiger partial charge in [0.15, 0.2) is 0 Å². The van der Waals surface area contributed by atoms with Crippen molar-refractivity contribution in [3.05, 3.63) is 59.6 Å². The van der Waals surface area contributed by atoms with E-state index >= 15 is 0 Å². The molecular formula is C21H24N2. The van der Waals surface area contributed by atoms with Gasteiger partial charge >= 0.3 is 0 Å². The molecule has 0 saturated heterocycles. The van der Waals surface area contributed by atoms with Crippen LogP contribution in [0.3, 0.4) is 0 Å². The van der Waals surface area contributed by atoms with Crippen LogP contribution in [0.15, 0.2) is 37.1 Å². The molecule has 1 aromatic carbocycles. The highest BCUT2D eigenvalue weighted by atomic mass is 14.8. The topological polar surface area (TPSA) is 20.1 Å². The molecule has 118 valence electrons. The van der Waals surface area contributed by atoms with E-state index in [0.29, 0.717) is 11.8 Å². The molecule has 1 fully saturated rings. The first-order valence-corrected chi connectivity index (χ1v) is 8.54. The van der Waals surface area contributed by atoms with Gasteiger partial charge in [0.25, 0.3) is 0 Å². The monoisotopic (exact) mass is 304 g/mol. The van der Waals surface area contributed by atoms with Crippen LogP contribution in [0.1, 0.15) is 50.7 Å². The summed E-state index contributed by atoms with van der Waals surface area (Å²) in [5, 5.41) is 1.36. The van der Waals surface area contributed by atoms with Gasteiger partial charge in [-0.15, -0.1) is 6.58 Å². The average Bonchev–Trinajstić information content (AvgIpc) is 2.97. The van der Waals surface area contributed by atoms with Crippen LogP contribution in [-0.4, -0.2) is 11.0 Å². The van der Waals surface area contributed by atoms with Crippen LogP contribution < -0.4 is 0 Å². The van der Waals surface area contributed by atoms with E-state index in [4.69, 9.17) is 6.57 Å². The molecule has 0 bridgehead atoms. The summed E-state index contributed by atoms with van der Waals surface area (Å²) in [6, 6.07) is 6.57. The minimum Gasteiger partial charge on any atom is -0.361 e. The fourth-order valence-electron chi connectivity index (χ4n) is 5.28. The number of rotatable bonds is 1. The highest BCUT2D eigenvalue weighted by Crippen LogP contribution is 2.59. The van der Waals surface area contributed by atoms with E-state index in [2.05, 4.69) is 61.6 Å². The second-order valence-corrected chi connectivity index (χ2v) is 8.15. The Bertz CT molecular complexity index is 835. The van der Waals surface area contributed by atoms with Crippen LogP contribution in [-0.2, 0) is 5.41 Å². The molecule has 2 nitrogen and oxygen atoms in total. The van der Waals surface area contributed by atoms with Crippen LogP contribution in [0.25, 0.3) is 15.7 Å². The van der Waals surface area contributed by atoms with E-state index in [0.717, 1.165) is 12.8 Å². The molecule has 0 radical (unpaired) electrons. The Morgan fingerprint density at radius 3 is 2.83 bits per heavy atom. The summed E-state index contributed by atoms with van der Waals surface area (Å²) in [5.41, 5.74) is 4.02. The Hall–Kier alpha value is -2.01. The minimum absolute atomic E-state index is 0.0228. The second kappa shape index (κ2) is 4.51. The molecule has 2 aliphatic rings. The van der Waals surface area contributed by atoms with Gasteiger partial charge in [-0.25, -0.2) is 6.57 Å². The minimum atomic E-state index is -0.0884. The van der Waals surface area contributed by atoms with Crippen LogP contribution >= 0.6 is 0 Å². The fraction of sp³-hybridized carbons (Fsp3) is 0.476. The average molecular weight is 304 g/mol. The molecule has 1 saturated carbocycles. The number of nitrogens with one attached hydrogen (secondary N) is 1. The van der Waals surface area contributed by atoms with Crippen LogP contribution in [0, 0.1) is 17.9 Å². The predicted molar refractivity (Wildman–Crippen MR) is 95.5 cm³/mol. The van der Waals surface area contributed by atoms with Crippen LogP contribution in [0.5, 0.6) is 0 Å². The first-order valence-electron chi connectivity index (χ1n) is 8.54. The van der Waals surface area contributed by atoms with Gasteiger partial charge in [0.2, 0.25) is 6.04 Å². The molecule has 0 aliphatic heterocycles. The Labute approximate surface area is 138 Å². The van der Waals surface area contributed by atoms with Gasteiger partial charge in [0.05, 0.1) is 11.3 Å². The van der Waals surface area contributed by atoms with Crippen molar-refractivity contribution in [1.29, 1.82) is 0 Å². The van der Waals surface area contributed by atoms with E-state index in [1.807, 2.05) is 6.08 Å². The molecule has 2 heteroatoms. The van der Waals surface area contributed by atoms with Crippen molar-refractivity contribution in [2.75, 3.05) is 0 Å². The summed E-state index contributed by atoms with van der Waals surface area (Å²) in [7, 11) is 0. The van der Waals surface area contributed by atoms with Gasteiger partial charge in [-0.2, -0.15) is 0 Å². The van der Waals surface area contributed by atoms with Gasteiger partial charge in [-0.1, -0.05) is 32.1 Å². The molecule has 4 atom stereocenters. The highest BCUT2D eigenvalue weighted by molar-refractivity contribution is 5.89. The van der Waals surface area contributed by atoms with E-state index < -0.39 is 0 Å². The van der Waals surface area contributed by atoms with Crippen molar-refractivity contribution >= 4 is 10.9 Å². The quantitative estimate of drug-likeness (QED) is 0.535. The van der Waals surface area contributed by atoms with Crippen LogP contribution in [0.2, 0.25) is 0 Å². The predicted octanol–water partition coefficient (Wildman–Crippen LogP) is 5.43. The van der Waals surface area contributed by atoms with Crippen molar-refractivity contribution in [2.24, 2.45) is 11.3 Å². The lowest BCUT2D eigenvalue weighted by atomic mass is 9.51. The van der Waals surface area contributed by atoms with Crippen molar-refractivity contribution in [3.63, 3.8) is 0 Å². The Balaban J connectivity index is 2.02. The maximum absolute atomic E-state index is 7.90. The lowest BCUT2D eigenvalue weighted by Gasteiger charge is -2.50. The van der Waals surface area contributed by atoms with E-state index in [9.17, 15) is 0 Å². The smallest absolute Gasteiger partial charge is 0.239 e. The Morgan fingerprint density at radius 2 is 2.13 bits per heavy atom. The number of benzene rings is 1. The van der Waals surface area contributed by atoms with E-state index in [1.165, 1.54) is 22.0 Å². The lowest BCUT2D eigenvalue weighted by Crippen LogP contribution is -2.49. The maximum Gasteiger partial charge on any atom is 0.239 e. The number of nitrogens with zero attached hydrogens (tertiary/aromatic N) is 1. The summed E-state index contributed by atoms with van der Waals surface area (Å²) >= 11 is 0. The van der Waals surface area contributed by atoms with Gasteiger partial charge in [0.1, 0.15) is 0 Å². The van der Waals surface area contributed by atoms with Gasteiger partial charge in [-0.05, 0) is 48.3 Å². The summed E-state index contributed by atoms with van der Waals surface area (Å²) in [5.74, 6) is 0.812. The molecular weight excluding hydrogens is 280 g/mol. The number of aromatic nitrogens is 1. The normalized spacial score (nSPS) is 34.6. The van der Waals surface area contributed by atoms with Crippen molar-refractivity contribution in [2.45, 2.75) is 51.0 Å². The SMILES string of the molecule is [C-]#[N+][C@@H]1C2c3c[nH]c4cccc(c34)C(C)(C)C2CC[C@@]1(C)C=C. The molecule has 23 heavy (non-hydrogen) atoms. The third-order valence-electron chi connectivity index (χ3n) is 6.77. The number of hydrogen-bond acceptors (Lipinski definition) is 0. The standard InChI is InChI=1S/C21H24N2/c1-6-21(4)11-10-15-18(19(21)22-5)13-12-23-16-9-7-8-14(17(13)16)20(15,2)3/h6-9,12,15,18-19,23H,1,10-11H2,2-4H3/t15?,18?,19-,21-/m1/s1. The van der Waals surface area contributed by atoms with Gasteiger partial charge in [0, 0.05) is 17.1 Å². The zero-order valence-electron chi connectivity index (χ0n) is 14.2. The van der Waals surface area contributed by atoms with Crippen LogP contribution in [0.4, 0.5) is 0 Å². The maximum atomic E-state index is 7.90. The lowest BCUT2D eigenvalue weighted by molar-refractivity contribution is 0.119. The third-order valence-corrected chi connectivity index (χ3v) is 6.77. The Morgan fingerprint density at radius 1 is 1.35 bits per heavy atom. The molecule has 1 heterocycles. The molecule has 2 aromatic rings. The molecule has 1 N–H and O–H groups in total. The van der Waals surface area contributed by atoms with Crippen molar-refractivity contribution < 1.29 is 0 Å². The zero-order chi connectivity index (χ0) is 16.4. The fourth-order valence-corrected chi connectivity index (χ4v) is 5.28. The summed E-state index contributed by atoms with van der Waals surface area (Å²) in [4.78, 5) is 7.58. The number of aromatic amines is 1. The molecule has 0 amide bonds. The van der Waals surface area contributed by atoms with E-state index in [-0.39, 0.29) is 16.9 Å². The molecule has 2 aliphatic carbocycles. The molecule has 4 rings (SSSR count). The van der Waals surface area contributed by atoms with E-state index in [1.54, 1.807) is 0 Å². The summed E-state index contributed by atoms with van der Waals surface area (Å²) in [6.45, 7) is 18.9. The third kappa shape index (κ3) is 1.68. The molecule has 2 unspecified atom stereocenters. The summed E-state index contributed by atoms with van der Waals surface area (Å²) in [6.07, 6.45) is 6.41. The van der Waals surface area contributed by atoms with Crippen molar-refractivity contribution in [1.82, 2.24) is 4.98 Å². The van der Waals surface area contributed by atoms with Gasteiger partial charge in [-0.3, -0.25) is 0 Å². The number of hydrogen-bond donors (Lipinski definition) is 1. The summed E-state index contributed by atoms with van der Waals surface area (Å²) < 4.78 is 0. The second-order valence-electron chi connectivity index (χ2n) is 8.15. The largest absolute Gasteiger partial charge is 0.361 e. The molecule has 1 aromatic heterocycles. The van der Waals surface area contributed by atoms with Gasteiger partial charge < -0.3 is 9.83 Å². The number of H-pyrrole nitrogens is 1. The first kappa shape index (κ1) is 14.6. The number of fused-ring (bicyclic) bond motifs is 2. The zero-order valence-corrected chi connectivity index (χ0v) is 14.2. The Kier molecular flexibility index (Phi) is 2.86. The highest BCUT2D eigenvalue weighted by Gasteiger charge is 2.57. The first-order chi connectivity index (χ1) is 10.9. The van der Waals surface area contributed by atoms with Crippen molar-refractivity contribution in [3.8, 4) is 0 Å².